The Hall–Kier alpha value is -2.15. The van der Waals surface area contributed by atoms with Crippen LogP contribution in [0.5, 0.6) is 0 Å². The van der Waals surface area contributed by atoms with Crippen molar-refractivity contribution in [2.45, 2.75) is 44.6 Å². The van der Waals surface area contributed by atoms with E-state index >= 15 is 0 Å². The van der Waals surface area contributed by atoms with Crippen molar-refractivity contribution < 1.29 is 14.4 Å². The van der Waals surface area contributed by atoms with Crippen LogP contribution >= 0.6 is 15.9 Å². The van der Waals surface area contributed by atoms with E-state index in [2.05, 4.69) is 32.6 Å². The van der Waals surface area contributed by atoms with E-state index in [1.54, 1.807) is 19.1 Å². The quantitative estimate of drug-likeness (QED) is 0.533. The minimum Gasteiger partial charge on any atom is -0.354 e. The Balaban J connectivity index is 1.59. The number of allylic oxidation sites excluding steroid dienone is 1. The Labute approximate surface area is 167 Å². The highest BCUT2D eigenvalue weighted by Crippen LogP contribution is 2.33. The molecule has 2 aliphatic rings. The molecule has 0 unspecified atom stereocenters. The summed E-state index contributed by atoms with van der Waals surface area (Å²) < 4.78 is 0.730. The number of nitrogens with one attached hydrogen (secondary N) is 2. The fourth-order valence-electron chi connectivity index (χ4n) is 3.58. The number of carbonyl (C=O) groups is 3. The molecule has 6 nitrogen and oxygen atoms in total. The lowest BCUT2D eigenvalue weighted by Crippen LogP contribution is -2.43. The first-order chi connectivity index (χ1) is 12.9. The Bertz CT molecular complexity index is 792. The molecule has 0 aromatic heterocycles. The summed E-state index contributed by atoms with van der Waals surface area (Å²) >= 11 is 3.43. The van der Waals surface area contributed by atoms with Crippen LogP contribution in [0.2, 0.25) is 0 Å². The van der Waals surface area contributed by atoms with Crippen molar-refractivity contribution in [3.8, 4) is 0 Å². The minimum absolute atomic E-state index is 0.274. The van der Waals surface area contributed by atoms with Gasteiger partial charge in [-0.25, -0.2) is 4.79 Å². The third-order valence-corrected chi connectivity index (χ3v) is 5.83. The topological polar surface area (TPSA) is 78.5 Å². The predicted octanol–water partition coefficient (Wildman–Crippen LogP) is 3.22. The zero-order valence-electron chi connectivity index (χ0n) is 15.4. The molecule has 1 heterocycles. The van der Waals surface area contributed by atoms with E-state index in [1.807, 2.05) is 12.1 Å². The second-order valence-electron chi connectivity index (χ2n) is 7.13. The molecular formula is C20H24BrN3O3. The molecule has 4 amide bonds. The first kappa shape index (κ1) is 19.6. The summed E-state index contributed by atoms with van der Waals surface area (Å²) in [5.74, 6) is -0.754. The van der Waals surface area contributed by atoms with Gasteiger partial charge >= 0.3 is 6.03 Å². The minimum atomic E-state index is -1.19. The van der Waals surface area contributed by atoms with E-state index in [-0.39, 0.29) is 12.5 Å². The Morgan fingerprint density at radius 1 is 1.30 bits per heavy atom. The number of carbonyl (C=O) groups excluding carboxylic acids is 3. The van der Waals surface area contributed by atoms with Crippen LogP contribution in [0.1, 0.15) is 44.6 Å². The van der Waals surface area contributed by atoms with Crippen molar-refractivity contribution in [2.24, 2.45) is 0 Å². The first-order valence-corrected chi connectivity index (χ1v) is 10.0. The first-order valence-electron chi connectivity index (χ1n) is 9.25. The van der Waals surface area contributed by atoms with Crippen molar-refractivity contribution in [3.05, 3.63) is 46.0 Å². The maximum atomic E-state index is 12.9. The van der Waals surface area contributed by atoms with Gasteiger partial charge in [-0.05, 0) is 45.1 Å². The van der Waals surface area contributed by atoms with Gasteiger partial charge in [0, 0.05) is 16.6 Å². The molecule has 1 fully saturated rings. The van der Waals surface area contributed by atoms with Crippen LogP contribution in [0.25, 0.3) is 0 Å². The molecule has 144 valence electrons. The summed E-state index contributed by atoms with van der Waals surface area (Å²) in [6.45, 7) is 1.90. The molecular weight excluding hydrogens is 410 g/mol. The number of urea groups is 1. The number of hydrogen-bond donors (Lipinski definition) is 2. The van der Waals surface area contributed by atoms with E-state index in [4.69, 9.17) is 0 Å². The van der Waals surface area contributed by atoms with Crippen LogP contribution in [0, 0.1) is 0 Å². The SMILES string of the molecule is C[C@]1(c2ccccc2Br)NC(=O)N(CC(=O)NCCC2=CCCCC2)C1=O. The summed E-state index contributed by atoms with van der Waals surface area (Å²) in [7, 11) is 0. The van der Waals surface area contributed by atoms with Crippen molar-refractivity contribution in [2.75, 3.05) is 13.1 Å². The van der Waals surface area contributed by atoms with Crippen LogP contribution < -0.4 is 10.6 Å². The maximum absolute atomic E-state index is 12.9. The molecule has 0 bridgehead atoms. The highest BCUT2D eigenvalue weighted by molar-refractivity contribution is 9.10. The van der Waals surface area contributed by atoms with Gasteiger partial charge in [-0.3, -0.25) is 14.5 Å². The summed E-state index contributed by atoms with van der Waals surface area (Å²) in [4.78, 5) is 38.4. The number of amides is 4. The van der Waals surface area contributed by atoms with Gasteiger partial charge in [0.1, 0.15) is 12.1 Å². The van der Waals surface area contributed by atoms with E-state index in [1.165, 1.54) is 18.4 Å². The average Bonchev–Trinajstić information content (AvgIpc) is 2.87. The lowest BCUT2D eigenvalue weighted by molar-refractivity contribution is -0.134. The van der Waals surface area contributed by atoms with Crippen molar-refractivity contribution in [1.29, 1.82) is 0 Å². The maximum Gasteiger partial charge on any atom is 0.325 e. The van der Waals surface area contributed by atoms with Crippen LogP contribution in [0.3, 0.4) is 0 Å². The summed E-state index contributed by atoms with van der Waals surface area (Å²) in [5.41, 5.74) is 0.846. The van der Waals surface area contributed by atoms with E-state index < -0.39 is 17.5 Å². The predicted molar refractivity (Wildman–Crippen MR) is 106 cm³/mol. The van der Waals surface area contributed by atoms with Crippen LogP contribution in [0.15, 0.2) is 40.4 Å². The van der Waals surface area contributed by atoms with Crippen molar-refractivity contribution >= 4 is 33.8 Å². The number of halogens is 1. The molecule has 27 heavy (non-hydrogen) atoms. The van der Waals surface area contributed by atoms with Gasteiger partial charge in [0.25, 0.3) is 5.91 Å². The summed E-state index contributed by atoms with van der Waals surface area (Å²) in [6.07, 6.45) is 7.71. The van der Waals surface area contributed by atoms with Gasteiger partial charge in [-0.15, -0.1) is 0 Å². The molecule has 0 spiro atoms. The Kier molecular flexibility index (Phi) is 5.99. The van der Waals surface area contributed by atoms with Crippen molar-refractivity contribution in [3.63, 3.8) is 0 Å². The van der Waals surface area contributed by atoms with Crippen LogP contribution in [-0.4, -0.2) is 35.8 Å². The molecule has 1 atom stereocenters. The van der Waals surface area contributed by atoms with E-state index in [0.29, 0.717) is 12.1 Å². The summed E-state index contributed by atoms with van der Waals surface area (Å²) in [6, 6.07) is 6.69. The number of imide groups is 1. The molecule has 1 aromatic carbocycles. The Morgan fingerprint density at radius 2 is 2.07 bits per heavy atom. The lowest BCUT2D eigenvalue weighted by Gasteiger charge is -2.23. The normalized spacial score (nSPS) is 22.4. The fourth-order valence-corrected chi connectivity index (χ4v) is 4.26. The number of hydrogen-bond acceptors (Lipinski definition) is 3. The largest absolute Gasteiger partial charge is 0.354 e. The molecule has 0 saturated carbocycles. The number of rotatable bonds is 6. The second kappa shape index (κ2) is 8.25. The lowest BCUT2D eigenvalue weighted by atomic mass is 9.92. The number of benzene rings is 1. The van der Waals surface area contributed by atoms with Crippen LogP contribution in [-0.2, 0) is 15.1 Å². The van der Waals surface area contributed by atoms with E-state index in [0.717, 1.165) is 28.6 Å². The van der Waals surface area contributed by atoms with Gasteiger partial charge in [0.2, 0.25) is 5.91 Å². The van der Waals surface area contributed by atoms with Gasteiger partial charge in [0.05, 0.1) is 0 Å². The molecule has 1 aliphatic carbocycles. The molecule has 2 N–H and O–H groups in total. The molecule has 7 heteroatoms. The zero-order chi connectivity index (χ0) is 19.4. The Morgan fingerprint density at radius 3 is 2.78 bits per heavy atom. The average molecular weight is 434 g/mol. The molecule has 1 aromatic rings. The zero-order valence-corrected chi connectivity index (χ0v) is 17.0. The molecule has 3 rings (SSSR count). The van der Waals surface area contributed by atoms with Gasteiger partial charge in [0.15, 0.2) is 0 Å². The van der Waals surface area contributed by atoms with Crippen LogP contribution in [0.4, 0.5) is 4.79 Å². The van der Waals surface area contributed by atoms with Gasteiger partial charge in [-0.1, -0.05) is 45.8 Å². The smallest absolute Gasteiger partial charge is 0.325 e. The summed E-state index contributed by atoms with van der Waals surface area (Å²) in [5, 5.41) is 5.53. The standard InChI is InChI=1S/C20H24BrN3O3/c1-20(15-9-5-6-10-16(15)21)18(26)24(19(27)23-20)13-17(25)22-12-11-14-7-3-2-4-8-14/h5-7,9-10H,2-4,8,11-13H2,1H3,(H,22,25)(H,23,27)/t20-/m1/s1. The second-order valence-corrected chi connectivity index (χ2v) is 7.99. The van der Waals surface area contributed by atoms with Crippen molar-refractivity contribution in [1.82, 2.24) is 15.5 Å². The monoisotopic (exact) mass is 433 g/mol. The molecule has 0 radical (unpaired) electrons. The number of nitrogens with zero attached hydrogens (tertiary/aromatic N) is 1. The fraction of sp³-hybridized carbons (Fsp3) is 0.450. The third kappa shape index (κ3) is 4.24. The van der Waals surface area contributed by atoms with Gasteiger partial charge < -0.3 is 10.6 Å². The highest BCUT2D eigenvalue weighted by atomic mass is 79.9. The molecule has 1 saturated heterocycles. The van der Waals surface area contributed by atoms with Gasteiger partial charge in [-0.2, -0.15) is 0 Å². The molecule has 1 aliphatic heterocycles. The third-order valence-electron chi connectivity index (χ3n) is 5.14. The highest BCUT2D eigenvalue weighted by Gasteiger charge is 2.50. The van der Waals surface area contributed by atoms with E-state index in [9.17, 15) is 14.4 Å².